The molecule has 0 fully saturated rings. The van der Waals surface area contributed by atoms with E-state index < -0.39 is 11.9 Å². The summed E-state index contributed by atoms with van der Waals surface area (Å²) in [5.41, 5.74) is 1.14. The summed E-state index contributed by atoms with van der Waals surface area (Å²) < 4.78 is 19.8. The molecule has 20 heavy (non-hydrogen) atoms. The van der Waals surface area contributed by atoms with E-state index in [2.05, 4.69) is 15.9 Å². The summed E-state index contributed by atoms with van der Waals surface area (Å²) in [5, 5.41) is 0.602. The summed E-state index contributed by atoms with van der Waals surface area (Å²) in [7, 11) is 0. The number of hydrogen-bond donors (Lipinski definition) is 0. The van der Waals surface area contributed by atoms with Gasteiger partial charge in [-0.2, -0.15) is 0 Å². The van der Waals surface area contributed by atoms with Crippen molar-refractivity contribution in [3.63, 3.8) is 0 Å². The lowest BCUT2D eigenvalue weighted by Crippen LogP contribution is -2.20. The fraction of sp³-hybridized carbons (Fsp3) is 0.133. The quantitative estimate of drug-likeness (QED) is 0.723. The van der Waals surface area contributed by atoms with Crippen molar-refractivity contribution in [2.75, 3.05) is 0 Å². The highest BCUT2D eigenvalue weighted by Gasteiger charge is 2.29. The molecule has 2 nitrogen and oxygen atoms in total. The molecular formula is C15H9BrClFO2. The van der Waals surface area contributed by atoms with Crippen LogP contribution in [0, 0.1) is 5.82 Å². The minimum absolute atomic E-state index is 0.127. The Kier molecular flexibility index (Phi) is 3.52. The van der Waals surface area contributed by atoms with Gasteiger partial charge in [0.25, 0.3) is 0 Å². The second kappa shape index (κ2) is 5.19. The molecule has 0 aromatic heterocycles. The van der Waals surface area contributed by atoms with E-state index in [1.54, 1.807) is 12.1 Å². The fourth-order valence-corrected chi connectivity index (χ4v) is 3.17. The average molecular weight is 356 g/mol. The Bertz CT molecular complexity index is 702. The molecule has 0 bridgehead atoms. The molecule has 0 N–H and O–H groups in total. The van der Waals surface area contributed by atoms with Gasteiger partial charge in [-0.1, -0.05) is 33.6 Å². The average Bonchev–Trinajstić information content (AvgIpc) is 2.39. The van der Waals surface area contributed by atoms with Crippen LogP contribution in [-0.2, 0) is 0 Å². The molecule has 1 atom stereocenters. The van der Waals surface area contributed by atoms with Crippen molar-refractivity contribution in [3.8, 4) is 5.75 Å². The molecule has 1 heterocycles. The van der Waals surface area contributed by atoms with Crippen LogP contribution in [-0.4, -0.2) is 5.78 Å². The molecule has 2 aromatic rings. The van der Waals surface area contributed by atoms with Gasteiger partial charge in [0, 0.05) is 15.1 Å². The maximum absolute atomic E-state index is 13.2. The summed E-state index contributed by atoms with van der Waals surface area (Å²) in [4.78, 5) is 12.1. The van der Waals surface area contributed by atoms with Crippen molar-refractivity contribution in [1.29, 1.82) is 0 Å². The van der Waals surface area contributed by atoms with Gasteiger partial charge in [-0.15, -0.1) is 0 Å². The van der Waals surface area contributed by atoms with E-state index in [1.165, 1.54) is 18.2 Å². The number of Topliss-reactive ketones (excluding diaryl/α,β-unsaturated/α-hetero) is 1. The number of carbonyl (C=O) groups excluding carboxylic acids is 1. The van der Waals surface area contributed by atoms with E-state index >= 15 is 0 Å². The maximum atomic E-state index is 13.2. The molecule has 0 amide bonds. The first-order valence-corrected chi connectivity index (χ1v) is 7.16. The third-order valence-corrected chi connectivity index (χ3v) is 4.11. The van der Waals surface area contributed by atoms with E-state index in [1.807, 2.05) is 6.07 Å². The zero-order valence-corrected chi connectivity index (χ0v) is 12.5. The van der Waals surface area contributed by atoms with E-state index in [4.69, 9.17) is 16.3 Å². The van der Waals surface area contributed by atoms with Gasteiger partial charge < -0.3 is 4.74 Å². The molecule has 1 aliphatic heterocycles. The van der Waals surface area contributed by atoms with Crippen molar-refractivity contribution in [3.05, 3.63) is 62.8 Å². The Balaban J connectivity index is 1.99. The van der Waals surface area contributed by atoms with Gasteiger partial charge in [-0.3, -0.25) is 4.79 Å². The van der Waals surface area contributed by atoms with Crippen molar-refractivity contribution >= 4 is 33.3 Å². The normalized spacial score (nSPS) is 17.6. The van der Waals surface area contributed by atoms with Gasteiger partial charge in [0.05, 0.1) is 12.0 Å². The summed E-state index contributed by atoms with van der Waals surface area (Å²) in [6.45, 7) is 0. The molecule has 5 heteroatoms. The zero-order valence-electron chi connectivity index (χ0n) is 10.2. The maximum Gasteiger partial charge on any atom is 0.170 e. The highest BCUT2D eigenvalue weighted by molar-refractivity contribution is 9.10. The van der Waals surface area contributed by atoms with Crippen LogP contribution in [0.5, 0.6) is 5.75 Å². The van der Waals surface area contributed by atoms with Crippen LogP contribution in [0.4, 0.5) is 4.39 Å². The minimum atomic E-state index is -0.438. The first kappa shape index (κ1) is 13.6. The zero-order chi connectivity index (χ0) is 14.3. The number of rotatable bonds is 1. The molecule has 0 spiro atoms. The molecule has 1 unspecified atom stereocenters. The Morgan fingerprint density at radius 1 is 1.25 bits per heavy atom. The molecule has 0 saturated heterocycles. The molecule has 2 aromatic carbocycles. The number of ketones is 1. The largest absolute Gasteiger partial charge is 0.484 e. The summed E-state index contributed by atoms with van der Waals surface area (Å²) >= 11 is 9.32. The molecule has 0 saturated carbocycles. The Morgan fingerprint density at radius 2 is 2.05 bits per heavy atom. The van der Waals surface area contributed by atoms with Gasteiger partial charge in [0.15, 0.2) is 5.78 Å². The van der Waals surface area contributed by atoms with Gasteiger partial charge in [0.2, 0.25) is 0 Å². The third-order valence-electron chi connectivity index (χ3n) is 3.19. The summed E-state index contributed by atoms with van der Waals surface area (Å²) in [6.07, 6.45) is -0.219. The van der Waals surface area contributed by atoms with Crippen molar-refractivity contribution in [2.24, 2.45) is 0 Å². The molecule has 3 rings (SSSR count). The van der Waals surface area contributed by atoms with Gasteiger partial charge >= 0.3 is 0 Å². The summed E-state index contributed by atoms with van der Waals surface area (Å²) in [5.74, 6) is -0.154. The number of hydrogen-bond acceptors (Lipinski definition) is 2. The Hall–Kier alpha value is -1.39. The van der Waals surface area contributed by atoms with E-state index in [0.717, 1.165) is 10.0 Å². The lowest BCUT2D eigenvalue weighted by Gasteiger charge is -2.26. The van der Waals surface area contributed by atoms with E-state index in [0.29, 0.717) is 16.3 Å². The van der Waals surface area contributed by atoms with Crippen molar-refractivity contribution in [2.45, 2.75) is 12.5 Å². The van der Waals surface area contributed by atoms with Crippen molar-refractivity contribution < 1.29 is 13.9 Å². The third kappa shape index (κ3) is 2.45. The standard InChI is InChI=1S/C15H9BrClFO2/c16-12-5-8(17)1-3-10(12)15-7-13(19)11-6-9(18)2-4-14(11)20-15/h1-6,15H,7H2. The number of benzene rings is 2. The SMILES string of the molecule is O=C1CC(c2ccc(Cl)cc2Br)Oc2ccc(F)cc21. The molecule has 0 radical (unpaired) electrons. The molecule has 0 aliphatic carbocycles. The number of ether oxygens (including phenoxy) is 1. The Morgan fingerprint density at radius 3 is 2.80 bits per heavy atom. The predicted octanol–water partition coefficient (Wildman–Crippen LogP) is 4.95. The lowest BCUT2D eigenvalue weighted by molar-refractivity contribution is 0.0848. The number of fused-ring (bicyclic) bond motifs is 1. The van der Waals surface area contributed by atoms with Crippen LogP contribution in [0.2, 0.25) is 5.02 Å². The number of halogens is 3. The van der Waals surface area contributed by atoms with Crippen LogP contribution in [0.3, 0.4) is 0 Å². The van der Waals surface area contributed by atoms with Crippen LogP contribution in [0.25, 0.3) is 0 Å². The second-order valence-corrected chi connectivity index (χ2v) is 5.83. The van der Waals surface area contributed by atoms with Crippen LogP contribution < -0.4 is 4.74 Å². The highest BCUT2D eigenvalue weighted by atomic mass is 79.9. The fourth-order valence-electron chi connectivity index (χ4n) is 2.23. The monoisotopic (exact) mass is 354 g/mol. The topological polar surface area (TPSA) is 26.3 Å². The van der Waals surface area contributed by atoms with Gasteiger partial charge in [0.1, 0.15) is 17.7 Å². The van der Waals surface area contributed by atoms with Gasteiger partial charge in [-0.25, -0.2) is 4.39 Å². The van der Waals surface area contributed by atoms with Crippen LogP contribution in [0.15, 0.2) is 40.9 Å². The highest BCUT2D eigenvalue weighted by Crippen LogP contribution is 2.38. The first-order chi connectivity index (χ1) is 9.54. The number of carbonyl (C=O) groups is 1. The smallest absolute Gasteiger partial charge is 0.170 e. The van der Waals surface area contributed by atoms with E-state index in [-0.39, 0.29) is 12.2 Å². The predicted molar refractivity (Wildman–Crippen MR) is 77.9 cm³/mol. The van der Waals surface area contributed by atoms with E-state index in [9.17, 15) is 9.18 Å². The molecular weight excluding hydrogens is 347 g/mol. The van der Waals surface area contributed by atoms with Crippen LogP contribution >= 0.6 is 27.5 Å². The minimum Gasteiger partial charge on any atom is -0.484 e. The Labute approximate surface area is 128 Å². The molecule has 1 aliphatic rings. The van der Waals surface area contributed by atoms with Crippen molar-refractivity contribution in [1.82, 2.24) is 0 Å². The van der Waals surface area contributed by atoms with Gasteiger partial charge in [-0.05, 0) is 30.3 Å². The van der Waals surface area contributed by atoms with Crippen LogP contribution in [0.1, 0.15) is 28.4 Å². The molecule has 102 valence electrons. The first-order valence-electron chi connectivity index (χ1n) is 5.99. The second-order valence-electron chi connectivity index (χ2n) is 4.54. The lowest BCUT2D eigenvalue weighted by atomic mass is 9.96. The summed E-state index contributed by atoms with van der Waals surface area (Å²) in [6, 6.07) is 9.30.